The van der Waals surface area contributed by atoms with Crippen molar-refractivity contribution in [3.8, 4) is 0 Å². The van der Waals surface area contributed by atoms with Crippen molar-refractivity contribution in [1.82, 2.24) is 14.5 Å². The van der Waals surface area contributed by atoms with Crippen LogP contribution in [0.5, 0.6) is 0 Å². The van der Waals surface area contributed by atoms with Gasteiger partial charge in [0.1, 0.15) is 4.47 Å². The second-order valence-corrected chi connectivity index (χ2v) is 6.02. The van der Waals surface area contributed by atoms with Crippen LogP contribution in [0.1, 0.15) is 0 Å². The molecule has 0 saturated heterocycles. The maximum Gasteiger partial charge on any atom is 0.282 e. The van der Waals surface area contributed by atoms with Crippen LogP contribution in [-0.2, 0) is 17.1 Å². The summed E-state index contributed by atoms with van der Waals surface area (Å²) in [5.74, 6) is 0. The molecule has 0 amide bonds. The molecule has 1 heterocycles. The fraction of sp³-hybridized carbons (Fsp3) is 0.500. The molecule has 0 radical (unpaired) electrons. The van der Waals surface area contributed by atoms with Gasteiger partial charge < -0.3 is 5.32 Å². The zero-order valence-corrected chi connectivity index (χ0v) is 11.8. The summed E-state index contributed by atoms with van der Waals surface area (Å²) in [4.78, 5) is 11.5. The molecular weight excluding hydrogens is 312 g/mol. The third-order valence-electron chi connectivity index (χ3n) is 1.88. The summed E-state index contributed by atoms with van der Waals surface area (Å²) in [6.07, 6.45) is 2.58. The van der Waals surface area contributed by atoms with Crippen LogP contribution in [-0.4, -0.2) is 37.5 Å². The lowest BCUT2D eigenvalue weighted by Crippen LogP contribution is -2.28. The van der Waals surface area contributed by atoms with Gasteiger partial charge in [0.25, 0.3) is 5.56 Å². The summed E-state index contributed by atoms with van der Waals surface area (Å²) in [6.45, 7) is 0.598. The lowest BCUT2D eigenvalue weighted by molar-refractivity contribution is 0.589. The number of sulfonamides is 1. The van der Waals surface area contributed by atoms with Gasteiger partial charge >= 0.3 is 0 Å². The zero-order valence-electron chi connectivity index (χ0n) is 9.40. The Morgan fingerprint density at radius 1 is 1.47 bits per heavy atom. The van der Waals surface area contributed by atoms with Crippen molar-refractivity contribution in [1.29, 1.82) is 0 Å². The molecule has 17 heavy (non-hydrogen) atoms. The SMILES string of the molecule is Cn1ncc(NCCNS(C)(=O)=O)c(Br)c1=O. The largest absolute Gasteiger partial charge is 0.381 e. The van der Waals surface area contributed by atoms with Crippen LogP contribution in [0.25, 0.3) is 0 Å². The van der Waals surface area contributed by atoms with E-state index in [1.807, 2.05) is 0 Å². The predicted molar refractivity (Wildman–Crippen MR) is 68.5 cm³/mol. The summed E-state index contributed by atoms with van der Waals surface area (Å²) in [7, 11) is -1.64. The van der Waals surface area contributed by atoms with Gasteiger partial charge in [-0.2, -0.15) is 5.10 Å². The van der Waals surface area contributed by atoms with Gasteiger partial charge in [0.15, 0.2) is 0 Å². The number of hydrogen-bond donors (Lipinski definition) is 2. The van der Waals surface area contributed by atoms with E-state index in [1.165, 1.54) is 10.9 Å². The molecule has 0 aliphatic carbocycles. The highest BCUT2D eigenvalue weighted by Crippen LogP contribution is 2.14. The molecule has 0 saturated carbocycles. The fourth-order valence-electron chi connectivity index (χ4n) is 1.07. The molecule has 0 aromatic carbocycles. The number of nitrogens with zero attached hydrogens (tertiary/aromatic N) is 2. The smallest absolute Gasteiger partial charge is 0.282 e. The van der Waals surface area contributed by atoms with Crippen molar-refractivity contribution >= 4 is 31.6 Å². The molecule has 1 aromatic rings. The van der Waals surface area contributed by atoms with E-state index in [2.05, 4.69) is 31.1 Å². The molecule has 0 aliphatic rings. The number of aryl methyl sites for hydroxylation is 1. The van der Waals surface area contributed by atoms with Crippen LogP contribution in [0.4, 0.5) is 5.69 Å². The van der Waals surface area contributed by atoms with Gasteiger partial charge in [-0.1, -0.05) is 0 Å². The summed E-state index contributed by atoms with van der Waals surface area (Å²) in [5.41, 5.74) is 0.273. The van der Waals surface area contributed by atoms with Crippen LogP contribution in [0.2, 0.25) is 0 Å². The zero-order chi connectivity index (χ0) is 13.1. The Morgan fingerprint density at radius 2 is 2.12 bits per heavy atom. The molecule has 2 N–H and O–H groups in total. The minimum atomic E-state index is -3.19. The van der Waals surface area contributed by atoms with E-state index in [0.717, 1.165) is 6.26 Å². The number of hydrogen-bond acceptors (Lipinski definition) is 5. The molecule has 0 spiro atoms. The highest BCUT2D eigenvalue weighted by atomic mass is 79.9. The lowest BCUT2D eigenvalue weighted by atomic mass is 10.4. The van der Waals surface area contributed by atoms with Gasteiger partial charge in [-0.05, 0) is 15.9 Å². The molecule has 0 fully saturated rings. The normalized spacial score (nSPS) is 11.5. The van der Waals surface area contributed by atoms with E-state index in [-0.39, 0.29) is 12.1 Å². The molecule has 1 aromatic heterocycles. The molecule has 1 rings (SSSR count). The highest BCUT2D eigenvalue weighted by molar-refractivity contribution is 9.10. The molecule has 96 valence electrons. The minimum absolute atomic E-state index is 0.237. The standard InChI is InChI=1S/C8H13BrN4O3S/c1-13-8(14)7(9)6(5-11-13)10-3-4-12-17(2,15)16/h5,10,12H,3-4H2,1-2H3. The summed E-state index contributed by atoms with van der Waals surface area (Å²) < 4.78 is 25.5. The summed E-state index contributed by atoms with van der Waals surface area (Å²) >= 11 is 3.15. The highest BCUT2D eigenvalue weighted by Gasteiger charge is 2.06. The van der Waals surface area contributed by atoms with Crippen molar-refractivity contribution in [2.75, 3.05) is 24.7 Å². The lowest BCUT2D eigenvalue weighted by Gasteiger charge is -2.08. The van der Waals surface area contributed by atoms with Gasteiger partial charge in [0.05, 0.1) is 18.1 Å². The van der Waals surface area contributed by atoms with Crippen LogP contribution in [0.3, 0.4) is 0 Å². The van der Waals surface area contributed by atoms with Gasteiger partial charge in [-0.3, -0.25) is 4.79 Å². The maximum atomic E-state index is 11.5. The molecule has 0 bridgehead atoms. The van der Waals surface area contributed by atoms with E-state index < -0.39 is 10.0 Å². The molecule has 9 heteroatoms. The van der Waals surface area contributed by atoms with Gasteiger partial charge in [0, 0.05) is 20.1 Å². The number of halogens is 1. The Hall–Kier alpha value is -0.930. The van der Waals surface area contributed by atoms with Crippen molar-refractivity contribution in [3.05, 3.63) is 21.0 Å². The van der Waals surface area contributed by atoms with E-state index in [1.54, 1.807) is 7.05 Å². The Bertz CT molecular complexity index is 554. The fourth-order valence-corrected chi connectivity index (χ4v) is 2.04. The Balaban J connectivity index is 2.59. The van der Waals surface area contributed by atoms with Crippen LogP contribution in [0, 0.1) is 0 Å². The average Bonchev–Trinajstić information content (AvgIpc) is 2.22. The molecular formula is C8H13BrN4O3S. The Kier molecular flexibility index (Phi) is 4.66. The van der Waals surface area contributed by atoms with E-state index in [0.29, 0.717) is 16.7 Å². The Labute approximate surface area is 107 Å². The van der Waals surface area contributed by atoms with Gasteiger partial charge in [-0.25, -0.2) is 17.8 Å². The monoisotopic (exact) mass is 324 g/mol. The molecule has 7 nitrogen and oxygen atoms in total. The third-order valence-corrected chi connectivity index (χ3v) is 3.38. The quantitative estimate of drug-likeness (QED) is 0.712. The van der Waals surface area contributed by atoms with Crippen molar-refractivity contribution < 1.29 is 8.42 Å². The van der Waals surface area contributed by atoms with Crippen LogP contribution >= 0.6 is 15.9 Å². The second-order valence-electron chi connectivity index (χ2n) is 3.39. The van der Waals surface area contributed by atoms with Gasteiger partial charge in [-0.15, -0.1) is 0 Å². The first-order chi connectivity index (χ1) is 7.81. The van der Waals surface area contributed by atoms with Crippen molar-refractivity contribution in [3.63, 3.8) is 0 Å². The van der Waals surface area contributed by atoms with E-state index >= 15 is 0 Å². The van der Waals surface area contributed by atoms with E-state index in [9.17, 15) is 13.2 Å². The number of anilines is 1. The number of rotatable bonds is 5. The first kappa shape index (κ1) is 14.1. The number of nitrogens with one attached hydrogen (secondary N) is 2. The van der Waals surface area contributed by atoms with Crippen LogP contribution < -0.4 is 15.6 Å². The summed E-state index contributed by atoms with van der Waals surface area (Å²) in [6, 6.07) is 0. The summed E-state index contributed by atoms with van der Waals surface area (Å²) in [5, 5.41) is 6.74. The van der Waals surface area contributed by atoms with Gasteiger partial charge in [0.2, 0.25) is 10.0 Å². The molecule has 0 aliphatic heterocycles. The van der Waals surface area contributed by atoms with Crippen molar-refractivity contribution in [2.45, 2.75) is 0 Å². The first-order valence-corrected chi connectivity index (χ1v) is 7.40. The molecule has 0 atom stereocenters. The maximum absolute atomic E-state index is 11.5. The number of aromatic nitrogens is 2. The van der Waals surface area contributed by atoms with E-state index in [4.69, 9.17) is 0 Å². The first-order valence-electron chi connectivity index (χ1n) is 4.71. The van der Waals surface area contributed by atoms with Crippen molar-refractivity contribution in [2.24, 2.45) is 7.05 Å². The topological polar surface area (TPSA) is 93.1 Å². The third kappa shape index (κ3) is 4.44. The molecule has 0 unspecified atom stereocenters. The predicted octanol–water partition coefficient (Wildman–Crippen LogP) is -0.496. The van der Waals surface area contributed by atoms with Crippen LogP contribution in [0.15, 0.2) is 15.5 Å². The minimum Gasteiger partial charge on any atom is -0.381 e. The second kappa shape index (κ2) is 5.61. The average molecular weight is 325 g/mol. The Morgan fingerprint density at radius 3 is 2.71 bits per heavy atom.